The Hall–Kier alpha value is -4.07. The minimum atomic E-state index is -1.23. The van der Waals surface area contributed by atoms with E-state index in [1.165, 1.54) is 35.7 Å². The first-order valence-electron chi connectivity index (χ1n) is 14.6. The number of aliphatic hydroxyl groups excluding tert-OH is 1. The van der Waals surface area contributed by atoms with Gasteiger partial charge in [-0.15, -0.1) is 11.8 Å². The van der Waals surface area contributed by atoms with Crippen molar-refractivity contribution in [3.63, 3.8) is 0 Å². The van der Waals surface area contributed by atoms with E-state index in [1.54, 1.807) is 51.5 Å². The fourth-order valence-corrected chi connectivity index (χ4v) is 7.71. The van der Waals surface area contributed by atoms with Gasteiger partial charge in [-0.2, -0.15) is 0 Å². The maximum absolute atomic E-state index is 13.8. The van der Waals surface area contributed by atoms with Crippen molar-refractivity contribution in [3.8, 4) is 11.5 Å². The van der Waals surface area contributed by atoms with Gasteiger partial charge < -0.3 is 35.0 Å². The summed E-state index contributed by atoms with van der Waals surface area (Å²) >= 11 is 1.34. The molecule has 1 saturated heterocycles. The third kappa shape index (κ3) is 7.43. The lowest BCUT2D eigenvalue weighted by Crippen LogP contribution is -2.40. The number of aliphatic hydroxyl groups is 1. The van der Waals surface area contributed by atoms with Gasteiger partial charge >= 0.3 is 11.9 Å². The molecular weight excluding hydrogens is 602 g/mol. The second-order valence-electron chi connectivity index (χ2n) is 11.3. The van der Waals surface area contributed by atoms with Crippen LogP contribution in [0.3, 0.4) is 0 Å². The number of aromatic carboxylic acids is 1. The third-order valence-electron chi connectivity index (χ3n) is 8.15. The molecule has 4 rings (SSSR count). The van der Waals surface area contributed by atoms with Crippen LogP contribution < -0.4 is 14.8 Å². The van der Waals surface area contributed by atoms with Crippen LogP contribution >= 0.6 is 11.8 Å². The number of benzene rings is 2. The fourth-order valence-electron chi connectivity index (χ4n) is 6.14. The highest BCUT2D eigenvalue weighted by Gasteiger charge is 2.46. The van der Waals surface area contributed by atoms with Gasteiger partial charge in [-0.05, 0) is 50.1 Å². The third-order valence-corrected chi connectivity index (χ3v) is 9.64. The minimum Gasteiger partial charge on any atom is -0.496 e. The number of ether oxygens (including phenoxy) is 2. The summed E-state index contributed by atoms with van der Waals surface area (Å²) in [6.07, 6.45) is -0.187. The summed E-state index contributed by atoms with van der Waals surface area (Å²) in [6.45, 7) is 5.45. The van der Waals surface area contributed by atoms with Crippen LogP contribution in [-0.2, 0) is 20.9 Å². The van der Waals surface area contributed by atoms with Gasteiger partial charge in [-0.25, -0.2) is 9.59 Å². The SMILES string of the molecule is COc1cccc(OC)c1CN1C[C@@H](SC2=C(C(=O)O)N(C(C)=O)[C@@H](C[C@@H](C)O)[C@H]2C)C[C@H]1C(=O)Nc1cccc(C(=O)O)c1. The Balaban J connectivity index is 1.68. The second-order valence-corrected chi connectivity index (χ2v) is 12.6. The van der Waals surface area contributed by atoms with Crippen molar-refractivity contribution < 1.29 is 44.0 Å². The molecule has 0 radical (unpaired) electrons. The van der Waals surface area contributed by atoms with Crippen molar-refractivity contribution in [1.82, 2.24) is 9.80 Å². The molecule has 0 bridgehead atoms. The molecule has 0 unspecified atom stereocenters. The first kappa shape index (κ1) is 33.8. The summed E-state index contributed by atoms with van der Waals surface area (Å²) in [5, 5.41) is 32.4. The molecule has 13 heteroatoms. The Kier molecular flexibility index (Phi) is 10.8. The average Bonchev–Trinajstić information content (AvgIpc) is 3.51. The number of nitrogens with one attached hydrogen (secondary N) is 1. The van der Waals surface area contributed by atoms with E-state index in [2.05, 4.69) is 5.32 Å². The fraction of sp³-hybridized carbons (Fsp3) is 0.438. The highest BCUT2D eigenvalue weighted by molar-refractivity contribution is 8.03. The number of likely N-dealkylation sites (tertiary alicyclic amines) is 1. The zero-order chi connectivity index (χ0) is 33.0. The van der Waals surface area contributed by atoms with Crippen LogP contribution in [0.15, 0.2) is 53.1 Å². The highest BCUT2D eigenvalue weighted by atomic mass is 32.2. The van der Waals surface area contributed by atoms with Crippen molar-refractivity contribution in [3.05, 3.63) is 64.2 Å². The van der Waals surface area contributed by atoms with Gasteiger partial charge in [0.2, 0.25) is 11.8 Å². The van der Waals surface area contributed by atoms with Crippen LogP contribution in [-0.4, -0.2) is 93.1 Å². The quantitative estimate of drug-likeness (QED) is 0.267. The molecule has 0 spiro atoms. The van der Waals surface area contributed by atoms with Crippen molar-refractivity contribution >= 4 is 41.2 Å². The van der Waals surface area contributed by atoms with Gasteiger partial charge in [0.25, 0.3) is 0 Å². The summed E-state index contributed by atoms with van der Waals surface area (Å²) in [5.74, 6) is -2.30. The van der Waals surface area contributed by atoms with Gasteiger partial charge in [0.1, 0.15) is 17.2 Å². The molecule has 0 aliphatic carbocycles. The maximum Gasteiger partial charge on any atom is 0.353 e. The van der Waals surface area contributed by atoms with E-state index in [-0.39, 0.29) is 41.3 Å². The first-order valence-corrected chi connectivity index (χ1v) is 15.4. The zero-order valence-electron chi connectivity index (χ0n) is 25.9. The number of carbonyl (C=O) groups is 4. The van der Waals surface area contributed by atoms with Crippen molar-refractivity contribution in [2.75, 3.05) is 26.1 Å². The second kappa shape index (κ2) is 14.4. The Morgan fingerprint density at radius 3 is 2.24 bits per heavy atom. The van der Waals surface area contributed by atoms with Crippen molar-refractivity contribution in [2.45, 2.75) is 63.6 Å². The van der Waals surface area contributed by atoms with Crippen LogP contribution in [0.1, 0.15) is 49.5 Å². The topological polar surface area (TPSA) is 166 Å². The Morgan fingerprint density at radius 2 is 1.69 bits per heavy atom. The lowest BCUT2D eigenvalue weighted by atomic mass is 9.98. The number of nitrogens with zero attached hydrogens (tertiary/aromatic N) is 2. The maximum atomic E-state index is 13.8. The molecule has 5 atom stereocenters. The molecular formula is C32H39N3O9S. The molecule has 12 nitrogen and oxygen atoms in total. The molecule has 4 N–H and O–H groups in total. The van der Waals surface area contributed by atoms with E-state index in [1.807, 2.05) is 11.8 Å². The molecule has 2 aromatic rings. The molecule has 2 aliphatic rings. The van der Waals surface area contributed by atoms with E-state index in [4.69, 9.17) is 9.47 Å². The van der Waals surface area contributed by atoms with E-state index in [0.29, 0.717) is 35.1 Å². The van der Waals surface area contributed by atoms with Crippen LogP contribution in [0.5, 0.6) is 11.5 Å². The molecule has 1 fully saturated rings. The van der Waals surface area contributed by atoms with Crippen LogP contribution in [0.2, 0.25) is 0 Å². The Bertz CT molecular complexity index is 1470. The Morgan fingerprint density at radius 1 is 1.04 bits per heavy atom. The molecule has 45 heavy (non-hydrogen) atoms. The predicted octanol–water partition coefficient (Wildman–Crippen LogP) is 3.65. The zero-order valence-corrected chi connectivity index (χ0v) is 26.7. The largest absolute Gasteiger partial charge is 0.496 e. The van der Waals surface area contributed by atoms with Crippen LogP contribution in [0.4, 0.5) is 5.69 Å². The number of carbonyl (C=O) groups excluding carboxylic acids is 2. The molecule has 0 saturated carbocycles. The van der Waals surface area contributed by atoms with Crippen LogP contribution in [0.25, 0.3) is 0 Å². The number of rotatable bonds is 12. The number of hydrogen-bond acceptors (Lipinski definition) is 9. The normalized spacial score (nSPS) is 22.3. The molecule has 2 heterocycles. The highest BCUT2D eigenvalue weighted by Crippen LogP contribution is 2.46. The van der Waals surface area contributed by atoms with Crippen molar-refractivity contribution in [2.24, 2.45) is 5.92 Å². The Labute approximate surface area is 266 Å². The predicted molar refractivity (Wildman–Crippen MR) is 168 cm³/mol. The molecule has 242 valence electrons. The number of carboxylic acid groups (broad SMARTS) is 2. The van der Waals surface area contributed by atoms with E-state index >= 15 is 0 Å². The molecule has 2 aromatic carbocycles. The number of hydrogen-bond donors (Lipinski definition) is 4. The van der Waals surface area contributed by atoms with Gasteiger partial charge in [-0.3, -0.25) is 14.5 Å². The van der Waals surface area contributed by atoms with E-state index in [0.717, 1.165) is 5.56 Å². The molecule has 2 amide bonds. The number of aliphatic carboxylic acids is 1. The summed E-state index contributed by atoms with van der Waals surface area (Å²) in [4.78, 5) is 54.2. The smallest absolute Gasteiger partial charge is 0.353 e. The summed E-state index contributed by atoms with van der Waals surface area (Å²) in [6, 6.07) is 10.2. The van der Waals surface area contributed by atoms with Crippen molar-refractivity contribution in [1.29, 1.82) is 0 Å². The number of amides is 2. The van der Waals surface area contributed by atoms with E-state index in [9.17, 15) is 34.5 Å². The van der Waals surface area contributed by atoms with Gasteiger partial charge in [0, 0.05) is 47.8 Å². The summed E-state index contributed by atoms with van der Waals surface area (Å²) in [5.41, 5.74) is 1.01. The van der Waals surface area contributed by atoms with Gasteiger partial charge in [-0.1, -0.05) is 19.1 Å². The van der Waals surface area contributed by atoms with Crippen LogP contribution in [0, 0.1) is 5.92 Å². The van der Waals surface area contributed by atoms with Gasteiger partial charge in [0.05, 0.1) is 37.5 Å². The number of methoxy groups -OCH3 is 2. The first-order chi connectivity index (χ1) is 21.4. The average molecular weight is 642 g/mol. The lowest BCUT2D eigenvalue weighted by Gasteiger charge is -2.28. The monoisotopic (exact) mass is 641 g/mol. The summed E-state index contributed by atoms with van der Waals surface area (Å²) < 4.78 is 11.2. The number of anilines is 1. The molecule has 2 aliphatic heterocycles. The lowest BCUT2D eigenvalue weighted by molar-refractivity contribution is -0.140. The molecule has 0 aromatic heterocycles. The standard InChI is InChI=1S/C32H39N3O9S/c1-17(36)12-24-18(2)29(28(32(41)42)35(24)19(3)37)45-22-14-25(30(38)33-21-9-6-8-20(13-21)31(39)40)34(15-22)16-23-26(43-4)10-7-11-27(23)44-5/h6-11,13,17-18,22,24-25,36H,12,14-16H2,1-5H3,(H,33,38)(H,39,40)(H,41,42)/t17-,18-,22+,24+,25+/m1/s1. The minimum absolute atomic E-state index is 0.0356. The van der Waals surface area contributed by atoms with E-state index < -0.39 is 36.0 Å². The summed E-state index contributed by atoms with van der Waals surface area (Å²) in [7, 11) is 3.10. The van der Waals surface area contributed by atoms with Gasteiger partial charge in [0.15, 0.2) is 0 Å². The number of thioether (sulfide) groups is 1. The number of carboxylic acids is 2.